The fourth-order valence-electron chi connectivity index (χ4n) is 1.77. The van der Waals surface area contributed by atoms with Gasteiger partial charge in [-0.25, -0.2) is 0 Å². The van der Waals surface area contributed by atoms with E-state index in [1.54, 1.807) is 13.8 Å². The number of carbonyl (C=O) groups is 1. The van der Waals surface area contributed by atoms with Crippen LogP contribution in [0.25, 0.3) is 0 Å². The van der Waals surface area contributed by atoms with Crippen LogP contribution in [-0.4, -0.2) is 28.9 Å². The lowest BCUT2D eigenvalue weighted by Gasteiger charge is -2.37. The molecule has 0 radical (unpaired) electrons. The molecule has 3 nitrogen and oxygen atoms in total. The molecule has 1 saturated heterocycles. The Morgan fingerprint density at radius 2 is 2.08 bits per heavy atom. The van der Waals surface area contributed by atoms with E-state index in [9.17, 15) is 4.79 Å². The van der Waals surface area contributed by atoms with Crippen molar-refractivity contribution in [1.82, 2.24) is 4.90 Å². The topological polar surface area (TPSA) is 46.3 Å². The molecule has 1 rings (SSSR count). The Morgan fingerprint density at radius 3 is 2.54 bits per heavy atom. The number of rotatable bonds is 1. The average molecular weight is 184 g/mol. The third kappa shape index (κ3) is 2.44. The summed E-state index contributed by atoms with van der Waals surface area (Å²) in [6.07, 6.45) is 3.46. The van der Waals surface area contributed by atoms with Crippen molar-refractivity contribution >= 4 is 5.91 Å². The number of piperidine rings is 1. The minimum absolute atomic E-state index is 0.0831. The van der Waals surface area contributed by atoms with E-state index in [-0.39, 0.29) is 5.91 Å². The molecular formula is C10H20N2O. The van der Waals surface area contributed by atoms with Crippen molar-refractivity contribution in [3.63, 3.8) is 0 Å². The van der Waals surface area contributed by atoms with Gasteiger partial charge < -0.3 is 10.6 Å². The Labute approximate surface area is 80.3 Å². The maximum atomic E-state index is 11.8. The molecular weight excluding hydrogens is 164 g/mol. The van der Waals surface area contributed by atoms with Crippen molar-refractivity contribution in [1.29, 1.82) is 0 Å². The van der Waals surface area contributed by atoms with Crippen molar-refractivity contribution in [3.05, 3.63) is 0 Å². The highest BCUT2D eigenvalue weighted by Crippen LogP contribution is 2.19. The second-order valence-electron chi connectivity index (χ2n) is 4.57. The van der Waals surface area contributed by atoms with E-state index in [1.165, 1.54) is 6.42 Å². The van der Waals surface area contributed by atoms with Crippen molar-refractivity contribution < 1.29 is 4.79 Å². The maximum Gasteiger partial charge on any atom is 0.242 e. The Bertz CT molecular complexity index is 196. The van der Waals surface area contributed by atoms with Crippen LogP contribution in [0.2, 0.25) is 0 Å². The molecule has 76 valence electrons. The highest BCUT2D eigenvalue weighted by atomic mass is 16.2. The number of hydrogen-bond donors (Lipinski definition) is 1. The van der Waals surface area contributed by atoms with Gasteiger partial charge in [0.25, 0.3) is 0 Å². The van der Waals surface area contributed by atoms with E-state index < -0.39 is 5.54 Å². The van der Waals surface area contributed by atoms with E-state index in [1.807, 2.05) is 4.90 Å². The molecule has 0 spiro atoms. The summed E-state index contributed by atoms with van der Waals surface area (Å²) in [4.78, 5) is 13.8. The molecule has 0 aromatic carbocycles. The van der Waals surface area contributed by atoms with E-state index >= 15 is 0 Å². The van der Waals surface area contributed by atoms with Crippen LogP contribution in [0.1, 0.15) is 40.0 Å². The molecule has 1 fully saturated rings. The monoisotopic (exact) mass is 184 g/mol. The van der Waals surface area contributed by atoms with Crippen LogP contribution in [-0.2, 0) is 4.79 Å². The number of amides is 1. The Morgan fingerprint density at radius 1 is 1.46 bits per heavy atom. The highest BCUT2D eigenvalue weighted by molar-refractivity contribution is 5.85. The van der Waals surface area contributed by atoms with Crippen LogP contribution in [0.4, 0.5) is 0 Å². The first-order valence-electron chi connectivity index (χ1n) is 5.03. The summed E-state index contributed by atoms with van der Waals surface area (Å²) in [5.41, 5.74) is 5.06. The molecule has 0 aromatic rings. The van der Waals surface area contributed by atoms with Gasteiger partial charge in [-0.1, -0.05) is 0 Å². The summed E-state index contributed by atoms with van der Waals surface area (Å²) in [7, 11) is 0. The van der Waals surface area contributed by atoms with Crippen molar-refractivity contribution in [2.75, 3.05) is 6.54 Å². The van der Waals surface area contributed by atoms with Gasteiger partial charge in [-0.2, -0.15) is 0 Å². The lowest BCUT2D eigenvalue weighted by Crippen LogP contribution is -2.55. The predicted molar refractivity (Wildman–Crippen MR) is 53.3 cm³/mol. The molecule has 1 aliphatic heterocycles. The van der Waals surface area contributed by atoms with E-state index in [4.69, 9.17) is 5.73 Å². The van der Waals surface area contributed by atoms with Crippen molar-refractivity contribution in [3.8, 4) is 0 Å². The molecule has 0 aromatic heterocycles. The Kier molecular flexibility index (Phi) is 2.96. The van der Waals surface area contributed by atoms with Gasteiger partial charge in [0.05, 0.1) is 5.54 Å². The average Bonchev–Trinajstić information content (AvgIpc) is 2.02. The lowest BCUT2D eigenvalue weighted by molar-refractivity contribution is -0.139. The normalized spacial score (nSPS) is 24.6. The summed E-state index contributed by atoms with van der Waals surface area (Å²) >= 11 is 0. The molecule has 1 amide bonds. The molecule has 0 aliphatic carbocycles. The Hall–Kier alpha value is -0.570. The molecule has 1 atom stereocenters. The van der Waals surface area contributed by atoms with Crippen molar-refractivity contribution in [2.45, 2.75) is 51.6 Å². The zero-order valence-electron chi connectivity index (χ0n) is 8.84. The van der Waals surface area contributed by atoms with Gasteiger partial charge in [0.15, 0.2) is 0 Å². The highest BCUT2D eigenvalue weighted by Gasteiger charge is 2.31. The number of hydrogen-bond acceptors (Lipinski definition) is 2. The molecule has 13 heavy (non-hydrogen) atoms. The number of carbonyl (C=O) groups excluding carboxylic acids is 1. The smallest absolute Gasteiger partial charge is 0.242 e. The SMILES string of the molecule is C[C@@H]1CCCCN1C(=O)C(C)(C)N. The minimum atomic E-state index is -0.717. The van der Waals surface area contributed by atoms with E-state index in [2.05, 4.69) is 6.92 Å². The summed E-state index contributed by atoms with van der Waals surface area (Å²) in [5, 5.41) is 0. The molecule has 0 saturated carbocycles. The summed E-state index contributed by atoms with van der Waals surface area (Å²) in [6.45, 7) is 6.52. The first-order valence-corrected chi connectivity index (χ1v) is 5.03. The number of nitrogens with zero attached hydrogens (tertiary/aromatic N) is 1. The predicted octanol–water partition coefficient (Wildman–Crippen LogP) is 1.12. The van der Waals surface area contributed by atoms with Crippen LogP contribution in [0.15, 0.2) is 0 Å². The summed E-state index contributed by atoms with van der Waals surface area (Å²) in [5.74, 6) is 0.0831. The second-order valence-corrected chi connectivity index (χ2v) is 4.57. The maximum absolute atomic E-state index is 11.8. The summed E-state index contributed by atoms with van der Waals surface area (Å²) in [6, 6.07) is 0.365. The molecule has 0 bridgehead atoms. The minimum Gasteiger partial charge on any atom is -0.338 e. The van der Waals surface area contributed by atoms with Crippen LogP contribution in [0.3, 0.4) is 0 Å². The largest absolute Gasteiger partial charge is 0.338 e. The lowest BCUT2D eigenvalue weighted by atomic mass is 9.98. The first-order chi connectivity index (χ1) is 5.93. The van der Waals surface area contributed by atoms with Crippen LogP contribution >= 0.6 is 0 Å². The standard InChI is InChI=1S/C10H20N2O/c1-8-6-4-5-7-12(8)9(13)10(2,3)11/h8H,4-7,11H2,1-3H3/t8-/m1/s1. The fraction of sp³-hybridized carbons (Fsp3) is 0.900. The Balaban J connectivity index is 2.64. The van der Waals surface area contributed by atoms with Gasteiger partial charge in [-0.05, 0) is 40.0 Å². The summed E-state index contributed by atoms with van der Waals surface area (Å²) < 4.78 is 0. The van der Waals surface area contributed by atoms with Gasteiger partial charge >= 0.3 is 0 Å². The third-order valence-electron chi connectivity index (χ3n) is 2.62. The molecule has 1 aliphatic rings. The zero-order chi connectivity index (χ0) is 10.1. The number of likely N-dealkylation sites (tertiary alicyclic amines) is 1. The third-order valence-corrected chi connectivity index (χ3v) is 2.62. The van der Waals surface area contributed by atoms with Gasteiger partial charge in [-0.15, -0.1) is 0 Å². The van der Waals surface area contributed by atoms with Crippen LogP contribution < -0.4 is 5.73 Å². The van der Waals surface area contributed by atoms with E-state index in [0.29, 0.717) is 6.04 Å². The quantitative estimate of drug-likeness (QED) is 0.664. The van der Waals surface area contributed by atoms with Gasteiger partial charge in [0.2, 0.25) is 5.91 Å². The molecule has 1 heterocycles. The zero-order valence-corrected chi connectivity index (χ0v) is 8.84. The van der Waals surface area contributed by atoms with Gasteiger partial charge in [0, 0.05) is 12.6 Å². The first kappa shape index (κ1) is 10.5. The molecule has 0 unspecified atom stereocenters. The second kappa shape index (κ2) is 3.66. The van der Waals surface area contributed by atoms with E-state index in [0.717, 1.165) is 19.4 Å². The van der Waals surface area contributed by atoms with Crippen LogP contribution in [0.5, 0.6) is 0 Å². The van der Waals surface area contributed by atoms with Crippen LogP contribution in [0, 0.1) is 0 Å². The van der Waals surface area contributed by atoms with Gasteiger partial charge in [-0.3, -0.25) is 4.79 Å². The number of nitrogens with two attached hydrogens (primary N) is 1. The molecule has 2 N–H and O–H groups in total. The fourth-order valence-corrected chi connectivity index (χ4v) is 1.77. The van der Waals surface area contributed by atoms with Crippen molar-refractivity contribution in [2.24, 2.45) is 5.73 Å². The van der Waals surface area contributed by atoms with Gasteiger partial charge in [0.1, 0.15) is 0 Å². The molecule has 3 heteroatoms.